The molecule has 1 fully saturated rings. The molecule has 2 rings (SSSR count). The summed E-state index contributed by atoms with van der Waals surface area (Å²) in [5, 5.41) is 3.70. The summed E-state index contributed by atoms with van der Waals surface area (Å²) in [6.45, 7) is 10.4. The maximum Gasteiger partial charge on any atom is 0.322 e. The van der Waals surface area contributed by atoms with Crippen LogP contribution in [0.5, 0.6) is 0 Å². The second-order valence-electron chi connectivity index (χ2n) is 6.26. The number of ether oxygens (including phenoxy) is 1. The number of aryl methyl sites for hydroxylation is 1. The van der Waals surface area contributed by atoms with Crippen LogP contribution in [0.25, 0.3) is 0 Å². The van der Waals surface area contributed by atoms with Gasteiger partial charge in [-0.05, 0) is 36.4 Å². The van der Waals surface area contributed by atoms with E-state index in [1.165, 1.54) is 11.5 Å². The summed E-state index contributed by atoms with van der Waals surface area (Å²) in [5.74, 6) is 0. The zero-order valence-corrected chi connectivity index (χ0v) is 13.4. The average Bonchev–Trinajstić information content (AvgIpc) is 2.64. The van der Waals surface area contributed by atoms with Crippen molar-refractivity contribution in [1.82, 2.24) is 9.27 Å². The molecule has 6 heteroatoms. The minimum Gasteiger partial charge on any atom is -0.376 e. The number of urea groups is 1. The fourth-order valence-electron chi connectivity index (χ4n) is 2.27. The van der Waals surface area contributed by atoms with Crippen molar-refractivity contribution >= 4 is 22.6 Å². The highest BCUT2D eigenvalue weighted by atomic mass is 32.1. The lowest BCUT2D eigenvalue weighted by molar-refractivity contribution is -0.00957. The molecule has 0 bridgehead atoms. The Kier molecular flexibility index (Phi) is 4.65. The molecule has 1 saturated heterocycles. The van der Waals surface area contributed by atoms with Crippen molar-refractivity contribution in [3.8, 4) is 0 Å². The molecule has 112 valence electrons. The van der Waals surface area contributed by atoms with Crippen LogP contribution in [-0.4, -0.2) is 41.1 Å². The molecule has 1 aliphatic rings. The first kappa shape index (κ1) is 15.3. The molecule has 1 atom stereocenters. The lowest BCUT2D eigenvalue weighted by Gasteiger charge is -2.29. The van der Waals surface area contributed by atoms with Gasteiger partial charge < -0.3 is 9.64 Å². The zero-order chi connectivity index (χ0) is 14.8. The molecule has 20 heavy (non-hydrogen) atoms. The van der Waals surface area contributed by atoms with Gasteiger partial charge in [0, 0.05) is 13.1 Å². The average molecular weight is 297 g/mol. The number of nitrogens with one attached hydrogen (secondary N) is 1. The van der Waals surface area contributed by atoms with E-state index in [2.05, 4.69) is 30.5 Å². The van der Waals surface area contributed by atoms with Crippen molar-refractivity contribution in [2.75, 3.05) is 25.0 Å². The second-order valence-corrected chi connectivity index (χ2v) is 7.07. The predicted octanol–water partition coefficient (Wildman–Crippen LogP) is 3.12. The summed E-state index contributed by atoms with van der Waals surface area (Å²) in [7, 11) is 0. The van der Waals surface area contributed by atoms with Crippen molar-refractivity contribution < 1.29 is 9.53 Å². The lowest BCUT2D eigenvalue weighted by Crippen LogP contribution is -2.37. The molecule has 2 amide bonds. The Hall–Kier alpha value is -1.14. The van der Waals surface area contributed by atoms with Gasteiger partial charge in [0.1, 0.15) is 5.00 Å². The summed E-state index contributed by atoms with van der Waals surface area (Å²) in [5.41, 5.74) is 1.04. The van der Waals surface area contributed by atoms with E-state index in [4.69, 9.17) is 4.74 Å². The number of carbonyl (C=O) groups excluding carboxylic acids is 1. The Balaban J connectivity index is 1.91. The summed E-state index contributed by atoms with van der Waals surface area (Å²) in [4.78, 5) is 14.0. The summed E-state index contributed by atoms with van der Waals surface area (Å²) >= 11 is 1.31. The summed E-state index contributed by atoms with van der Waals surface area (Å²) in [6, 6.07) is 1.82. The highest BCUT2D eigenvalue weighted by molar-refractivity contribution is 7.10. The Morgan fingerprint density at radius 1 is 1.50 bits per heavy atom. The van der Waals surface area contributed by atoms with E-state index in [-0.39, 0.29) is 17.6 Å². The first-order chi connectivity index (χ1) is 9.36. The highest BCUT2D eigenvalue weighted by Crippen LogP contribution is 2.26. The molecule has 0 spiro atoms. The van der Waals surface area contributed by atoms with Gasteiger partial charge in [-0.1, -0.05) is 20.8 Å². The maximum absolute atomic E-state index is 12.2. The molecule has 0 radical (unpaired) electrons. The van der Waals surface area contributed by atoms with E-state index in [1.54, 1.807) is 0 Å². The van der Waals surface area contributed by atoms with Crippen LogP contribution in [0.3, 0.4) is 0 Å². The third-order valence-corrected chi connectivity index (χ3v) is 4.25. The van der Waals surface area contributed by atoms with Crippen LogP contribution in [-0.2, 0) is 4.74 Å². The molecule has 1 aromatic heterocycles. The Morgan fingerprint density at radius 3 is 2.85 bits per heavy atom. The van der Waals surface area contributed by atoms with E-state index in [1.807, 2.05) is 17.9 Å². The SMILES string of the molecule is Cc1cc(NC(=O)N2CCOC(C(C)(C)C)CC2)sn1. The molecule has 1 N–H and O–H groups in total. The minimum absolute atomic E-state index is 0.0631. The molecule has 1 aliphatic heterocycles. The molecule has 0 aromatic carbocycles. The fraction of sp³-hybridized carbons (Fsp3) is 0.714. The quantitative estimate of drug-likeness (QED) is 0.866. The van der Waals surface area contributed by atoms with Crippen LogP contribution in [0.15, 0.2) is 6.07 Å². The fourth-order valence-corrected chi connectivity index (χ4v) is 2.92. The van der Waals surface area contributed by atoms with Crippen LogP contribution < -0.4 is 5.32 Å². The molecule has 5 nitrogen and oxygen atoms in total. The van der Waals surface area contributed by atoms with Gasteiger partial charge in [0.05, 0.1) is 18.4 Å². The van der Waals surface area contributed by atoms with E-state index in [9.17, 15) is 4.79 Å². The largest absolute Gasteiger partial charge is 0.376 e. The number of hydrogen-bond acceptors (Lipinski definition) is 4. The van der Waals surface area contributed by atoms with E-state index >= 15 is 0 Å². The summed E-state index contributed by atoms with van der Waals surface area (Å²) in [6.07, 6.45) is 1.07. The number of aromatic nitrogens is 1. The minimum atomic E-state index is -0.0631. The Labute approximate surface area is 124 Å². The zero-order valence-electron chi connectivity index (χ0n) is 12.6. The number of carbonyl (C=O) groups is 1. The van der Waals surface area contributed by atoms with Crippen LogP contribution in [0.2, 0.25) is 0 Å². The van der Waals surface area contributed by atoms with Crippen LogP contribution in [0, 0.1) is 12.3 Å². The molecular weight excluding hydrogens is 274 g/mol. The van der Waals surface area contributed by atoms with E-state index in [0.717, 1.165) is 23.7 Å². The maximum atomic E-state index is 12.2. The number of amides is 2. The normalized spacial score (nSPS) is 20.6. The molecule has 1 aromatic rings. The van der Waals surface area contributed by atoms with Gasteiger partial charge in [0.15, 0.2) is 0 Å². The molecule has 0 aliphatic carbocycles. The van der Waals surface area contributed by atoms with Crippen LogP contribution in [0.4, 0.5) is 9.80 Å². The lowest BCUT2D eigenvalue weighted by atomic mass is 9.87. The summed E-state index contributed by atoms with van der Waals surface area (Å²) < 4.78 is 10.0. The van der Waals surface area contributed by atoms with Crippen molar-refractivity contribution in [2.45, 2.75) is 40.2 Å². The van der Waals surface area contributed by atoms with Crippen molar-refractivity contribution in [1.29, 1.82) is 0 Å². The third-order valence-electron chi connectivity index (χ3n) is 3.45. The van der Waals surface area contributed by atoms with Gasteiger partial charge in [0.25, 0.3) is 0 Å². The van der Waals surface area contributed by atoms with Gasteiger partial charge in [0.2, 0.25) is 0 Å². The molecule has 1 unspecified atom stereocenters. The van der Waals surface area contributed by atoms with Crippen molar-refractivity contribution in [3.05, 3.63) is 11.8 Å². The number of hydrogen-bond donors (Lipinski definition) is 1. The Bertz CT molecular complexity index is 467. The first-order valence-electron chi connectivity index (χ1n) is 6.97. The molecule has 0 saturated carbocycles. The number of nitrogens with zero attached hydrogens (tertiary/aromatic N) is 2. The van der Waals surface area contributed by atoms with Crippen molar-refractivity contribution in [2.24, 2.45) is 5.41 Å². The van der Waals surface area contributed by atoms with E-state index in [0.29, 0.717) is 13.2 Å². The number of anilines is 1. The van der Waals surface area contributed by atoms with Gasteiger partial charge in [-0.3, -0.25) is 5.32 Å². The Morgan fingerprint density at radius 2 is 2.25 bits per heavy atom. The molecular formula is C14H23N3O2S. The smallest absolute Gasteiger partial charge is 0.322 e. The topological polar surface area (TPSA) is 54.5 Å². The number of rotatable bonds is 1. The van der Waals surface area contributed by atoms with Gasteiger partial charge in [-0.25, -0.2) is 4.79 Å². The second kappa shape index (κ2) is 6.10. The van der Waals surface area contributed by atoms with Crippen LogP contribution in [0.1, 0.15) is 32.9 Å². The standard InChI is InChI=1S/C14H23N3O2S/c1-10-9-12(20-16-10)15-13(18)17-6-5-11(14(2,3)4)19-8-7-17/h9,11H,5-8H2,1-4H3,(H,15,18). The van der Waals surface area contributed by atoms with Crippen molar-refractivity contribution in [3.63, 3.8) is 0 Å². The monoisotopic (exact) mass is 297 g/mol. The van der Waals surface area contributed by atoms with Gasteiger partial charge in [-0.2, -0.15) is 4.37 Å². The van der Waals surface area contributed by atoms with Gasteiger partial charge >= 0.3 is 6.03 Å². The van der Waals surface area contributed by atoms with Gasteiger partial charge in [-0.15, -0.1) is 0 Å². The van der Waals surface area contributed by atoms with E-state index < -0.39 is 0 Å². The third kappa shape index (κ3) is 3.93. The first-order valence-corrected chi connectivity index (χ1v) is 7.74. The predicted molar refractivity (Wildman–Crippen MR) is 81.3 cm³/mol. The highest BCUT2D eigenvalue weighted by Gasteiger charge is 2.29. The van der Waals surface area contributed by atoms with Crippen LogP contribution >= 0.6 is 11.5 Å². The molecule has 2 heterocycles.